The lowest BCUT2D eigenvalue weighted by atomic mass is 9.87. The van der Waals surface area contributed by atoms with Gasteiger partial charge < -0.3 is 5.11 Å². The summed E-state index contributed by atoms with van der Waals surface area (Å²) >= 11 is 0. The summed E-state index contributed by atoms with van der Waals surface area (Å²) in [5.74, 6) is -1.48. The van der Waals surface area contributed by atoms with Gasteiger partial charge in [0.15, 0.2) is 0 Å². The van der Waals surface area contributed by atoms with Crippen LogP contribution in [0.3, 0.4) is 0 Å². The molecule has 0 aliphatic heterocycles. The normalized spacial score (nSPS) is 17.1. The molecule has 0 aliphatic carbocycles. The molecule has 14 heavy (non-hydrogen) atoms. The van der Waals surface area contributed by atoms with Gasteiger partial charge in [-0.25, -0.2) is 0 Å². The highest BCUT2D eigenvalue weighted by Crippen LogP contribution is 2.21. The molecular weight excluding hydrogens is 186 g/mol. The molecular formula is C9H17NO4. The second-order valence-electron chi connectivity index (χ2n) is 3.74. The van der Waals surface area contributed by atoms with E-state index in [0.717, 1.165) is 0 Å². The van der Waals surface area contributed by atoms with Gasteiger partial charge in [0.05, 0.1) is 6.42 Å². The molecule has 3 atom stereocenters. The van der Waals surface area contributed by atoms with Crippen LogP contribution in [0, 0.1) is 22.0 Å². The molecule has 3 unspecified atom stereocenters. The molecule has 0 aliphatic rings. The fraction of sp³-hybridized carbons (Fsp3) is 0.889. The Balaban J connectivity index is 4.48. The van der Waals surface area contributed by atoms with Crippen LogP contribution in [0.4, 0.5) is 0 Å². The Morgan fingerprint density at radius 3 is 2.21 bits per heavy atom. The minimum absolute atomic E-state index is 0.0839. The summed E-state index contributed by atoms with van der Waals surface area (Å²) in [7, 11) is 0. The van der Waals surface area contributed by atoms with Crippen LogP contribution >= 0.6 is 0 Å². The SMILES string of the molecule is CCC(C)C(C(C)CC(=O)O)[N+](=O)[O-]. The predicted molar refractivity (Wildman–Crippen MR) is 51.7 cm³/mol. The Bertz CT molecular complexity index is 217. The smallest absolute Gasteiger partial charge is 0.303 e. The summed E-state index contributed by atoms with van der Waals surface area (Å²) in [5.41, 5.74) is 0. The molecule has 0 aromatic carbocycles. The topological polar surface area (TPSA) is 80.4 Å². The third-order valence-corrected chi connectivity index (χ3v) is 2.55. The van der Waals surface area contributed by atoms with Crippen molar-refractivity contribution in [2.75, 3.05) is 0 Å². The highest BCUT2D eigenvalue weighted by Gasteiger charge is 2.33. The number of aliphatic carboxylic acids is 1. The molecule has 0 saturated carbocycles. The van der Waals surface area contributed by atoms with Crippen molar-refractivity contribution in [2.24, 2.45) is 11.8 Å². The largest absolute Gasteiger partial charge is 0.481 e. The molecule has 1 N–H and O–H groups in total. The van der Waals surface area contributed by atoms with Gasteiger partial charge in [-0.1, -0.05) is 20.8 Å². The number of nitrogens with zero attached hydrogens (tertiary/aromatic N) is 1. The molecule has 0 fully saturated rings. The first-order valence-corrected chi connectivity index (χ1v) is 4.75. The molecule has 5 heteroatoms. The number of rotatable bonds is 6. The first-order chi connectivity index (χ1) is 6.40. The quantitative estimate of drug-likeness (QED) is 0.527. The van der Waals surface area contributed by atoms with Crippen molar-refractivity contribution in [3.05, 3.63) is 10.1 Å². The number of hydrogen-bond acceptors (Lipinski definition) is 3. The van der Waals surface area contributed by atoms with E-state index in [9.17, 15) is 14.9 Å². The van der Waals surface area contributed by atoms with Gasteiger partial charge in [-0.15, -0.1) is 0 Å². The monoisotopic (exact) mass is 203 g/mol. The van der Waals surface area contributed by atoms with Crippen LogP contribution < -0.4 is 0 Å². The summed E-state index contributed by atoms with van der Waals surface area (Å²) in [5, 5.41) is 19.3. The van der Waals surface area contributed by atoms with Gasteiger partial charge in [-0.3, -0.25) is 14.9 Å². The lowest BCUT2D eigenvalue weighted by molar-refractivity contribution is -0.540. The summed E-state index contributed by atoms with van der Waals surface area (Å²) in [6.45, 7) is 5.27. The molecule has 82 valence electrons. The van der Waals surface area contributed by atoms with Crippen LogP contribution in [-0.4, -0.2) is 22.0 Å². The first kappa shape index (κ1) is 12.9. The number of carboxylic acid groups (broad SMARTS) is 1. The molecule has 0 amide bonds. The highest BCUT2D eigenvalue weighted by molar-refractivity contribution is 5.67. The minimum Gasteiger partial charge on any atom is -0.481 e. The van der Waals surface area contributed by atoms with E-state index in [0.29, 0.717) is 6.42 Å². The maximum Gasteiger partial charge on any atom is 0.303 e. The minimum atomic E-state index is -0.979. The molecule has 0 aromatic heterocycles. The molecule has 5 nitrogen and oxygen atoms in total. The Morgan fingerprint density at radius 1 is 1.43 bits per heavy atom. The van der Waals surface area contributed by atoms with Crippen molar-refractivity contribution in [1.82, 2.24) is 0 Å². The maximum atomic E-state index is 10.7. The van der Waals surface area contributed by atoms with E-state index in [2.05, 4.69) is 0 Å². The van der Waals surface area contributed by atoms with Gasteiger partial charge in [0.1, 0.15) is 0 Å². The van der Waals surface area contributed by atoms with Gasteiger partial charge in [-0.2, -0.15) is 0 Å². The predicted octanol–water partition coefficient (Wildman–Crippen LogP) is 1.79. The highest BCUT2D eigenvalue weighted by atomic mass is 16.6. The summed E-state index contributed by atoms with van der Waals surface area (Å²) in [4.78, 5) is 20.8. The fourth-order valence-corrected chi connectivity index (χ4v) is 1.61. The number of hydrogen-bond donors (Lipinski definition) is 1. The van der Waals surface area contributed by atoms with Gasteiger partial charge in [0, 0.05) is 16.8 Å². The zero-order valence-electron chi connectivity index (χ0n) is 8.77. The molecule has 0 bridgehead atoms. The molecule has 0 spiro atoms. The Morgan fingerprint density at radius 2 is 1.93 bits per heavy atom. The zero-order valence-corrected chi connectivity index (χ0v) is 8.77. The Labute approximate surface area is 83.3 Å². The number of nitro groups is 1. The van der Waals surface area contributed by atoms with Crippen molar-refractivity contribution in [3.8, 4) is 0 Å². The fourth-order valence-electron chi connectivity index (χ4n) is 1.61. The van der Waals surface area contributed by atoms with Crippen LogP contribution in [0.15, 0.2) is 0 Å². The van der Waals surface area contributed by atoms with Gasteiger partial charge >= 0.3 is 5.97 Å². The van der Waals surface area contributed by atoms with E-state index < -0.39 is 17.9 Å². The van der Waals surface area contributed by atoms with Crippen LogP contribution in [0.1, 0.15) is 33.6 Å². The second kappa shape index (κ2) is 5.57. The molecule has 0 aromatic rings. The summed E-state index contributed by atoms with van der Waals surface area (Å²) in [6.07, 6.45) is 0.547. The third-order valence-electron chi connectivity index (χ3n) is 2.55. The third kappa shape index (κ3) is 3.72. The van der Waals surface area contributed by atoms with Gasteiger partial charge in [0.2, 0.25) is 6.04 Å². The van der Waals surface area contributed by atoms with Crippen LogP contribution in [0.25, 0.3) is 0 Å². The lowest BCUT2D eigenvalue weighted by Gasteiger charge is -2.20. The van der Waals surface area contributed by atoms with Crippen molar-refractivity contribution >= 4 is 5.97 Å². The average Bonchev–Trinajstić information content (AvgIpc) is 2.01. The van der Waals surface area contributed by atoms with Gasteiger partial charge in [0.25, 0.3) is 0 Å². The van der Waals surface area contributed by atoms with E-state index in [1.807, 2.05) is 6.92 Å². The average molecular weight is 203 g/mol. The van der Waals surface area contributed by atoms with Crippen LogP contribution in [0.2, 0.25) is 0 Å². The van der Waals surface area contributed by atoms with Crippen LogP contribution in [0.5, 0.6) is 0 Å². The van der Waals surface area contributed by atoms with Crippen molar-refractivity contribution in [3.63, 3.8) is 0 Å². The second-order valence-corrected chi connectivity index (χ2v) is 3.74. The molecule has 0 radical (unpaired) electrons. The molecule has 0 rings (SSSR count). The van der Waals surface area contributed by atoms with Crippen molar-refractivity contribution in [1.29, 1.82) is 0 Å². The maximum absolute atomic E-state index is 10.7. The Hall–Kier alpha value is -1.13. The number of carbonyl (C=O) groups is 1. The van der Waals surface area contributed by atoms with Crippen molar-refractivity contribution < 1.29 is 14.8 Å². The molecule has 0 heterocycles. The van der Waals surface area contributed by atoms with E-state index in [4.69, 9.17) is 5.11 Å². The zero-order chi connectivity index (χ0) is 11.3. The van der Waals surface area contributed by atoms with E-state index in [1.165, 1.54) is 0 Å². The van der Waals surface area contributed by atoms with E-state index in [1.54, 1.807) is 13.8 Å². The number of carboxylic acids is 1. The lowest BCUT2D eigenvalue weighted by Crippen LogP contribution is -2.34. The van der Waals surface area contributed by atoms with Crippen molar-refractivity contribution in [2.45, 2.75) is 39.7 Å². The van der Waals surface area contributed by atoms with Crippen LogP contribution in [-0.2, 0) is 4.79 Å². The van der Waals surface area contributed by atoms with Gasteiger partial charge in [-0.05, 0) is 6.42 Å². The molecule has 0 saturated heterocycles. The standard InChI is InChI=1S/C9H17NO4/c1-4-6(2)9(10(13)14)7(3)5-8(11)12/h6-7,9H,4-5H2,1-3H3,(H,11,12). The summed E-state index contributed by atoms with van der Waals surface area (Å²) < 4.78 is 0. The Kier molecular flexibility index (Phi) is 5.12. The summed E-state index contributed by atoms with van der Waals surface area (Å²) in [6, 6.07) is -0.754. The first-order valence-electron chi connectivity index (χ1n) is 4.75. The van der Waals surface area contributed by atoms with E-state index >= 15 is 0 Å². The van der Waals surface area contributed by atoms with E-state index in [-0.39, 0.29) is 17.3 Å².